The van der Waals surface area contributed by atoms with Crippen LogP contribution in [0.5, 0.6) is 0 Å². The highest BCUT2D eigenvalue weighted by molar-refractivity contribution is 6.03. The van der Waals surface area contributed by atoms with Crippen molar-refractivity contribution in [3.8, 4) is 0 Å². The van der Waals surface area contributed by atoms with Gasteiger partial charge in [0.25, 0.3) is 5.56 Å². The first-order valence-electron chi connectivity index (χ1n) is 9.24. The Hall–Kier alpha value is -2.50. The smallest absolute Gasteiger partial charge is 0.264 e. The van der Waals surface area contributed by atoms with E-state index in [1.54, 1.807) is 0 Å². The molecule has 1 aliphatic rings. The van der Waals surface area contributed by atoms with E-state index in [2.05, 4.69) is 4.98 Å². The van der Waals surface area contributed by atoms with Crippen molar-refractivity contribution in [3.05, 3.63) is 34.4 Å². The minimum Gasteiger partial charge on any atom is -0.398 e. The van der Waals surface area contributed by atoms with Gasteiger partial charge in [0.1, 0.15) is 11.6 Å². The van der Waals surface area contributed by atoms with E-state index >= 15 is 0 Å². The average molecular weight is 291 g/mol. The number of carbonyl (C=O) groups excluding carboxylic acids is 2. The van der Waals surface area contributed by atoms with Gasteiger partial charge >= 0.3 is 0 Å². The normalized spacial score (nSPS) is 29.9. The standard InChI is InChI=1S/C15H15N3O3/c1-8-17-11-4-2-3-10(16)14(11)15(21)18(8)12-6-5-9(19)7-13(12)20/h2-4,12H,5-7,16H2,1H3/i1D3,5D,6D2. The maximum atomic E-state index is 13.1. The van der Waals surface area contributed by atoms with Crippen LogP contribution in [0, 0.1) is 6.85 Å². The van der Waals surface area contributed by atoms with Crippen molar-refractivity contribution >= 4 is 28.2 Å². The predicted octanol–water partition coefficient (Wildman–Crippen LogP) is 1.15. The van der Waals surface area contributed by atoms with E-state index in [0.717, 1.165) is 0 Å². The number of ketones is 2. The fourth-order valence-corrected chi connectivity index (χ4v) is 2.31. The molecule has 0 radical (unpaired) electrons. The van der Waals surface area contributed by atoms with Crippen LogP contribution < -0.4 is 11.3 Å². The van der Waals surface area contributed by atoms with Crippen LogP contribution in [0.3, 0.4) is 0 Å². The van der Waals surface area contributed by atoms with Crippen molar-refractivity contribution in [3.63, 3.8) is 0 Å². The van der Waals surface area contributed by atoms with E-state index in [-0.39, 0.29) is 16.6 Å². The van der Waals surface area contributed by atoms with Gasteiger partial charge in [-0.1, -0.05) is 6.07 Å². The molecule has 2 N–H and O–H groups in total. The molecule has 2 unspecified atom stereocenters. The molecule has 0 saturated heterocycles. The Morgan fingerprint density at radius 1 is 1.43 bits per heavy atom. The quantitative estimate of drug-likeness (QED) is 0.628. The van der Waals surface area contributed by atoms with Crippen molar-refractivity contribution in [1.29, 1.82) is 0 Å². The van der Waals surface area contributed by atoms with Gasteiger partial charge in [0.2, 0.25) is 0 Å². The molecule has 1 aromatic carbocycles. The first-order chi connectivity index (χ1) is 12.4. The molecular formula is C15H15N3O3. The Labute approximate surface area is 129 Å². The molecule has 6 nitrogen and oxygen atoms in total. The van der Waals surface area contributed by atoms with Gasteiger partial charge in [0.05, 0.1) is 23.4 Å². The van der Waals surface area contributed by atoms with Gasteiger partial charge in [-0.25, -0.2) is 4.98 Å². The third-order valence-corrected chi connectivity index (χ3v) is 3.28. The van der Waals surface area contributed by atoms with Gasteiger partial charge in [-0.05, 0) is 25.4 Å². The number of hydrogen-bond acceptors (Lipinski definition) is 5. The highest BCUT2D eigenvalue weighted by Crippen LogP contribution is 2.24. The second kappa shape index (κ2) is 4.80. The van der Waals surface area contributed by atoms with Crippen molar-refractivity contribution in [1.82, 2.24) is 9.55 Å². The molecule has 0 amide bonds. The molecule has 2 aromatic rings. The Bertz CT molecular complexity index is 1030. The van der Waals surface area contributed by atoms with Crippen LogP contribution in [-0.4, -0.2) is 21.1 Å². The minimum absolute atomic E-state index is 0.00954. The van der Waals surface area contributed by atoms with Crippen LogP contribution in [0.2, 0.25) is 0 Å². The van der Waals surface area contributed by atoms with E-state index in [9.17, 15) is 14.4 Å². The summed E-state index contributed by atoms with van der Waals surface area (Å²) in [5, 5.41) is -0.160. The summed E-state index contributed by atoms with van der Waals surface area (Å²) in [7, 11) is 0. The number of fused-ring (bicyclic) bond motifs is 1. The molecule has 1 saturated carbocycles. The average Bonchev–Trinajstić information content (AvgIpc) is 2.53. The highest BCUT2D eigenvalue weighted by Gasteiger charge is 2.30. The second-order valence-electron chi connectivity index (χ2n) is 4.67. The lowest BCUT2D eigenvalue weighted by atomic mass is 9.92. The number of hydrogen-bond donors (Lipinski definition) is 1. The fourth-order valence-electron chi connectivity index (χ4n) is 2.31. The summed E-state index contributed by atoms with van der Waals surface area (Å²) in [4.78, 5) is 41.2. The van der Waals surface area contributed by atoms with Crippen molar-refractivity contribution in [2.24, 2.45) is 0 Å². The molecule has 108 valence electrons. The van der Waals surface area contributed by atoms with Gasteiger partial charge in [-0.3, -0.25) is 19.0 Å². The summed E-state index contributed by atoms with van der Waals surface area (Å²) in [6, 6.07) is 2.26. The molecule has 2 atom stereocenters. The van der Waals surface area contributed by atoms with Crippen molar-refractivity contribution in [2.45, 2.75) is 32.1 Å². The number of Topliss-reactive ketones (excluding diaryl/α,β-unsaturated/α-hetero) is 2. The van der Waals surface area contributed by atoms with Crippen LogP contribution in [0.15, 0.2) is 23.0 Å². The second-order valence-corrected chi connectivity index (χ2v) is 4.67. The number of nitrogens with two attached hydrogens (primary N) is 1. The minimum atomic E-state index is -2.95. The van der Waals surface area contributed by atoms with E-state index in [1.165, 1.54) is 18.2 Å². The number of nitrogen functional groups attached to an aromatic ring is 1. The van der Waals surface area contributed by atoms with Crippen molar-refractivity contribution < 1.29 is 17.8 Å². The Morgan fingerprint density at radius 3 is 3.00 bits per heavy atom. The van der Waals surface area contributed by atoms with E-state index < -0.39 is 55.0 Å². The topological polar surface area (TPSA) is 95.1 Å². The largest absolute Gasteiger partial charge is 0.398 e. The zero-order chi connectivity index (χ0) is 20.3. The SMILES string of the molecule is [2H]C1C(=O)CC(=O)C(n2c(C([2H])([2H])[2H])nc3cccc(N)c3c2=O)C1([2H])[2H]. The summed E-state index contributed by atoms with van der Waals surface area (Å²) in [5.41, 5.74) is 4.77. The zero-order valence-corrected chi connectivity index (χ0v) is 10.8. The molecule has 21 heavy (non-hydrogen) atoms. The van der Waals surface area contributed by atoms with Gasteiger partial charge < -0.3 is 5.73 Å². The van der Waals surface area contributed by atoms with Gasteiger partial charge in [0.15, 0.2) is 5.78 Å². The summed E-state index contributed by atoms with van der Waals surface area (Å²) >= 11 is 0. The lowest BCUT2D eigenvalue weighted by Crippen LogP contribution is -2.36. The van der Waals surface area contributed by atoms with Crippen LogP contribution in [0.1, 0.15) is 39.3 Å². The number of benzene rings is 1. The number of nitrogens with zero attached hydrogens (tertiary/aromatic N) is 2. The van der Waals surface area contributed by atoms with Crippen LogP contribution in [0.25, 0.3) is 10.9 Å². The third kappa shape index (κ3) is 2.12. The molecule has 1 heterocycles. The molecule has 6 heteroatoms. The Kier molecular flexibility index (Phi) is 1.84. The monoisotopic (exact) mass is 291 g/mol. The molecule has 1 aliphatic carbocycles. The van der Waals surface area contributed by atoms with Crippen LogP contribution in [-0.2, 0) is 9.59 Å². The van der Waals surface area contributed by atoms with E-state index in [4.69, 9.17) is 14.0 Å². The molecular weight excluding hydrogens is 270 g/mol. The molecule has 0 aliphatic heterocycles. The molecule has 1 fully saturated rings. The van der Waals surface area contributed by atoms with Crippen molar-refractivity contribution in [2.75, 3.05) is 5.73 Å². The highest BCUT2D eigenvalue weighted by atomic mass is 16.2. The Morgan fingerprint density at radius 2 is 2.24 bits per heavy atom. The maximum Gasteiger partial charge on any atom is 0.264 e. The first kappa shape index (κ1) is 8.07. The molecule has 0 spiro atoms. The van der Waals surface area contributed by atoms with Gasteiger partial charge in [-0.15, -0.1) is 0 Å². The summed E-state index contributed by atoms with van der Waals surface area (Å²) in [6.07, 6.45) is -5.51. The van der Waals surface area contributed by atoms with E-state index in [1.807, 2.05) is 0 Å². The van der Waals surface area contributed by atoms with E-state index in [0.29, 0.717) is 4.57 Å². The van der Waals surface area contributed by atoms with Gasteiger partial charge in [-0.2, -0.15) is 0 Å². The van der Waals surface area contributed by atoms with Crippen LogP contribution >= 0.6 is 0 Å². The number of aryl methyl sites for hydroxylation is 1. The number of anilines is 1. The fraction of sp³-hybridized carbons (Fsp3) is 0.333. The lowest BCUT2D eigenvalue weighted by Gasteiger charge is -2.24. The summed E-state index contributed by atoms with van der Waals surface area (Å²) < 4.78 is 47.4. The number of aromatic nitrogens is 2. The first-order valence-corrected chi connectivity index (χ1v) is 6.16. The lowest BCUT2D eigenvalue weighted by molar-refractivity contribution is -0.132. The van der Waals surface area contributed by atoms with Gasteiger partial charge in [0, 0.05) is 20.3 Å². The summed E-state index contributed by atoms with van der Waals surface area (Å²) in [5.74, 6) is -2.72. The molecule has 0 bridgehead atoms. The molecule has 3 rings (SSSR count). The number of carbonyl (C=O) groups is 2. The third-order valence-electron chi connectivity index (χ3n) is 3.28. The molecule has 1 aromatic heterocycles. The Balaban J connectivity index is 2.44. The zero-order valence-electron chi connectivity index (χ0n) is 16.8. The van der Waals surface area contributed by atoms with Crippen LogP contribution in [0.4, 0.5) is 5.69 Å². The maximum absolute atomic E-state index is 13.1. The number of rotatable bonds is 1. The predicted molar refractivity (Wildman–Crippen MR) is 78.1 cm³/mol. The summed E-state index contributed by atoms with van der Waals surface area (Å²) in [6.45, 7) is -2.95.